The van der Waals surface area contributed by atoms with Crippen LogP contribution in [-0.2, 0) is 16.6 Å². The number of piperidine rings is 1. The van der Waals surface area contributed by atoms with Crippen LogP contribution < -0.4 is 15.0 Å². The van der Waals surface area contributed by atoms with Crippen molar-refractivity contribution in [2.24, 2.45) is 0 Å². The molecule has 0 spiro atoms. The Morgan fingerprint density at radius 3 is 2.68 bits per heavy atom. The Bertz CT molecular complexity index is 1630. The van der Waals surface area contributed by atoms with Gasteiger partial charge in [0.15, 0.2) is 22.7 Å². The largest absolute Gasteiger partial charge is 0.486 e. The molecule has 1 saturated heterocycles. The molecule has 1 fully saturated rings. The van der Waals surface area contributed by atoms with E-state index in [1.807, 2.05) is 25.1 Å². The molecule has 1 N–H and O–H groups in total. The number of ether oxygens (including phenoxy) is 2. The van der Waals surface area contributed by atoms with E-state index in [2.05, 4.69) is 15.3 Å². The van der Waals surface area contributed by atoms with Gasteiger partial charge in [0.1, 0.15) is 19.0 Å². The first-order chi connectivity index (χ1) is 17.9. The molecular weight excluding hydrogens is 496 g/mol. The molecular formula is C25H26N6O5S. The first-order valence-corrected chi connectivity index (χ1v) is 13.6. The molecule has 0 saturated carbocycles. The fourth-order valence-electron chi connectivity index (χ4n) is 4.79. The van der Waals surface area contributed by atoms with Crippen molar-refractivity contribution in [2.45, 2.75) is 37.1 Å². The first-order valence-electron chi connectivity index (χ1n) is 12.2. The Morgan fingerprint density at radius 2 is 1.86 bits per heavy atom. The van der Waals surface area contributed by atoms with Gasteiger partial charge in [-0.05, 0) is 49.6 Å². The second-order valence-corrected chi connectivity index (χ2v) is 11.3. The van der Waals surface area contributed by atoms with Crippen LogP contribution in [-0.4, -0.2) is 64.0 Å². The highest BCUT2D eigenvalue weighted by molar-refractivity contribution is 7.89. The van der Waals surface area contributed by atoms with E-state index in [-0.39, 0.29) is 22.9 Å². The highest BCUT2D eigenvalue weighted by Crippen LogP contribution is 2.32. The molecule has 0 amide bonds. The van der Waals surface area contributed by atoms with Crippen molar-refractivity contribution < 1.29 is 17.9 Å². The van der Waals surface area contributed by atoms with Crippen molar-refractivity contribution in [3.8, 4) is 11.5 Å². The summed E-state index contributed by atoms with van der Waals surface area (Å²) in [6.45, 7) is 3.90. The number of nitrogens with one attached hydrogen (secondary N) is 1. The molecule has 2 aromatic heterocycles. The van der Waals surface area contributed by atoms with Crippen LogP contribution in [0.5, 0.6) is 11.5 Å². The molecule has 2 aromatic carbocycles. The van der Waals surface area contributed by atoms with Crippen LogP contribution in [0.25, 0.3) is 11.2 Å². The van der Waals surface area contributed by atoms with Crippen LogP contribution in [0, 0.1) is 6.92 Å². The standard InChI is InChI=1S/C25H26N6O5S/c1-16-4-7-19(8-5-16)37(33,34)30-10-2-3-18(15-30)23-26-24-22(25(32)27-23)28-29-31(24)14-17-6-9-20-21(13-17)36-12-11-35-20/h4-9,13,18H,2-3,10-12,14-15H2,1H3,(H,26,27,32)/t18-/m1/s1. The second-order valence-electron chi connectivity index (χ2n) is 9.36. The lowest BCUT2D eigenvalue weighted by molar-refractivity contribution is 0.171. The third-order valence-electron chi connectivity index (χ3n) is 6.76. The van der Waals surface area contributed by atoms with Crippen LogP contribution in [0.3, 0.4) is 0 Å². The summed E-state index contributed by atoms with van der Waals surface area (Å²) in [6.07, 6.45) is 1.37. The molecule has 1 atom stereocenters. The van der Waals surface area contributed by atoms with Gasteiger partial charge in [-0.3, -0.25) is 4.79 Å². The van der Waals surface area contributed by atoms with E-state index in [4.69, 9.17) is 14.5 Å². The summed E-state index contributed by atoms with van der Waals surface area (Å²) in [7, 11) is -3.66. The van der Waals surface area contributed by atoms with Crippen molar-refractivity contribution in [1.82, 2.24) is 29.3 Å². The Labute approximate surface area is 213 Å². The fourth-order valence-corrected chi connectivity index (χ4v) is 6.31. The number of rotatable bonds is 5. The van der Waals surface area contributed by atoms with Gasteiger partial charge in [0.2, 0.25) is 10.0 Å². The number of aromatic nitrogens is 5. The Hall–Kier alpha value is -3.77. The lowest BCUT2D eigenvalue weighted by Crippen LogP contribution is -2.39. The molecule has 4 aromatic rings. The van der Waals surface area contributed by atoms with Crippen LogP contribution in [0.2, 0.25) is 0 Å². The summed E-state index contributed by atoms with van der Waals surface area (Å²) in [4.78, 5) is 20.6. The lowest BCUT2D eigenvalue weighted by Gasteiger charge is -2.31. The third kappa shape index (κ3) is 4.46. The number of benzene rings is 2. The highest BCUT2D eigenvalue weighted by atomic mass is 32.2. The molecule has 2 aliphatic rings. The summed E-state index contributed by atoms with van der Waals surface area (Å²) in [5, 5.41) is 8.19. The van der Waals surface area contributed by atoms with E-state index in [9.17, 15) is 13.2 Å². The number of sulfonamides is 1. The molecule has 0 radical (unpaired) electrons. The first kappa shape index (κ1) is 23.6. The van der Waals surface area contributed by atoms with Crippen molar-refractivity contribution >= 4 is 21.2 Å². The van der Waals surface area contributed by atoms with Gasteiger partial charge in [0, 0.05) is 19.0 Å². The molecule has 2 aliphatic heterocycles. The van der Waals surface area contributed by atoms with Gasteiger partial charge in [0.25, 0.3) is 5.56 Å². The second kappa shape index (κ2) is 9.27. The molecule has 6 rings (SSSR count). The molecule has 37 heavy (non-hydrogen) atoms. The summed E-state index contributed by atoms with van der Waals surface area (Å²) in [5.41, 5.74) is 1.99. The number of aryl methyl sites for hydroxylation is 1. The van der Waals surface area contributed by atoms with Gasteiger partial charge in [-0.1, -0.05) is 29.0 Å². The molecule has 192 valence electrons. The van der Waals surface area contributed by atoms with E-state index in [0.29, 0.717) is 62.1 Å². The SMILES string of the molecule is Cc1ccc(S(=O)(=O)N2CCC[C@@H](c3nc4c(nnn4Cc4ccc5c(c4)OCCO5)c(=O)[nH]3)C2)cc1. The Kier molecular flexibility index (Phi) is 5.92. The third-order valence-corrected chi connectivity index (χ3v) is 8.64. The quantitative estimate of drug-likeness (QED) is 0.422. The topological polar surface area (TPSA) is 132 Å². The minimum Gasteiger partial charge on any atom is -0.486 e. The summed E-state index contributed by atoms with van der Waals surface area (Å²) >= 11 is 0. The molecule has 4 heterocycles. The monoisotopic (exact) mass is 522 g/mol. The van der Waals surface area contributed by atoms with E-state index in [0.717, 1.165) is 11.1 Å². The van der Waals surface area contributed by atoms with E-state index < -0.39 is 15.6 Å². The summed E-state index contributed by atoms with van der Waals surface area (Å²) in [5.74, 6) is 1.53. The summed E-state index contributed by atoms with van der Waals surface area (Å²) < 4.78 is 40.8. The zero-order valence-electron chi connectivity index (χ0n) is 20.3. The van der Waals surface area contributed by atoms with Crippen LogP contribution in [0.15, 0.2) is 52.2 Å². The Balaban J connectivity index is 1.29. The molecule has 11 nitrogen and oxygen atoms in total. The minimum absolute atomic E-state index is 0.140. The molecule has 0 bridgehead atoms. The normalized spacial score (nSPS) is 18.2. The van der Waals surface area contributed by atoms with Gasteiger partial charge in [-0.25, -0.2) is 18.1 Å². The van der Waals surface area contributed by atoms with Crippen molar-refractivity contribution in [3.63, 3.8) is 0 Å². The number of fused-ring (bicyclic) bond motifs is 2. The zero-order valence-corrected chi connectivity index (χ0v) is 21.1. The average molecular weight is 523 g/mol. The number of nitrogens with zero attached hydrogens (tertiary/aromatic N) is 5. The van der Waals surface area contributed by atoms with E-state index in [1.165, 1.54) is 4.31 Å². The average Bonchev–Trinajstić information content (AvgIpc) is 3.32. The van der Waals surface area contributed by atoms with Gasteiger partial charge >= 0.3 is 0 Å². The van der Waals surface area contributed by atoms with Crippen LogP contribution >= 0.6 is 0 Å². The maximum absolute atomic E-state index is 13.3. The van der Waals surface area contributed by atoms with Gasteiger partial charge in [-0.2, -0.15) is 4.31 Å². The van der Waals surface area contributed by atoms with Gasteiger partial charge in [-0.15, -0.1) is 5.10 Å². The van der Waals surface area contributed by atoms with Gasteiger partial charge in [0.05, 0.1) is 11.4 Å². The highest BCUT2D eigenvalue weighted by Gasteiger charge is 2.32. The van der Waals surface area contributed by atoms with Crippen molar-refractivity contribution in [2.75, 3.05) is 26.3 Å². The number of H-pyrrole nitrogens is 1. The number of hydrogen-bond donors (Lipinski definition) is 1. The fraction of sp³-hybridized carbons (Fsp3) is 0.360. The number of aromatic amines is 1. The molecule has 12 heteroatoms. The Morgan fingerprint density at radius 1 is 1.08 bits per heavy atom. The van der Waals surface area contributed by atoms with Crippen LogP contribution in [0.4, 0.5) is 0 Å². The smallest absolute Gasteiger partial charge is 0.281 e. The number of hydrogen-bond acceptors (Lipinski definition) is 8. The lowest BCUT2D eigenvalue weighted by atomic mass is 9.99. The van der Waals surface area contributed by atoms with E-state index in [1.54, 1.807) is 28.9 Å². The summed E-state index contributed by atoms with van der Waals surface area (Å²) in [6, 6.07) is 12.5. The predicted molar refractivity (Wildman–Crippen MR) is 134 cm³/mol. The predicted octanol–water partition coefficient (Wildman–Crippen LogP) is 2.21. The van der Waals surface area contributed by atoms with Crippen LogP contribution in [0.1, 0.15) is 35.7 Å². The van der Waals surface area contributed by atoms with E-state index >= 15 is 0 Å². The molecule has 0 aliphatic carbocycles. The van der Waals surface area contributed by atoms with Crippen molar-refractivity contribution in [1.29, 1.82) is 0 Å². The molecule has 0 unspecified atom stereocenters. The maximum atomic E-state index is 13.3. The van der Waals surface area contributed by atoms with Gasteiger partial charge < -0.3 is 14.5 Å². The minimum atomic E-state index is -3.66. The zero-order chi connectivity index (χ0) is 25.6. The maximum Gasteiger partial charge on any atom is 0.281 e. The van der Waals surface area contributed by atoms with Crippen molar-refractivity contribution in [3.05, 3.63) is 69.8 Å².